The van der Waals surface area contributed by atoms with Crippen LogP contribution in [-0.2, 0) is 13.1 Å². The van der Waals surface area contributed by atoms with Crippen molar-refractivity contribution in [1.82, 2.24) is 19.9 Å². The molecule has 2 N–H and O–H groups in total. The van der Waals surface area contributed by atoms with Gasteiger partial charge >= 0.3 is 0 Å². The summed E-state index contributed by atoms with van der Waals surface area (Å²) >= 11 is 0. The highest BCUT2D eigenvalue weighted by molar-refractivity contribution is 5.92. The number of benzene rings is 2. The number of ether oxygens (including phenoxy) is 2. The molecule has 0 aliphatic rings. The highest BCUT2D eigenvalue weighted by Crippen LogP contribution is 2.26. The van der Waals surface area contributed by atoms with Crippen LogP contribution in [0.25, 0.3) is 21.8 Å². The molecule has 4 aromatic heterocycles. The van der Waals surface area contributed by atoms with Crippen LogP contribution in [0, 0.1) is 0 Å². The number of hydrogen-bond donors (Lipinski definition) is 2. The maximum absolute atomic E-state index is 5.22. The standard InChI is InChI=1S/2C16H15N3O/c1-20-13-4-5-14-15(6-8-18-16(14)9-13)19-11-12-3-2-7-17-10-12;1-20-13-5-6-14-15(7-9-18-16(14)10-13)19-11-12-4-2-3-8-17-12/h2*2-10H,11H2,1H3,(H,18,19). The molecule has 6 aromatic rings. The molecular formula is C32H30N6O2. The molecular weight excluding hydrogens is 500 g/mol. The van der Waals surface area contributed by atoms with Crippen LogP contribution < -0.4 is 20.1 Å². The highest BCUT2D eigenvalue weighted by atomic mass is 16.5. The van der Waals surface area contributed by atoms with E-state index < -0.39 is 0 Å². The number of hydrogen-bond acceptors (Lipinski definition) is 8. The number of pyridine rings is 4. The fourth-order valence-electron chi connectivity index (χ4n) is 4.21. The van der Waals surface area contributed by atoms with Gasteiger partial charge in [0.15, 0.2) is 0 Å². The second kappa shape index (κ2) is 13.0. The molecule has 0 saturated heterocycles. The Morgan fingerprint density at radius 3 is 1.80 bits per heavy atom. The van der Waals surface area contributed by atoms with Crippen molar-refractivity contribution in [2.45, 2.75) is 13.1 Å². The molecule has 2 aromatic carbocycles. The molecule has 0 bridgehead atoms. The molecule has 40 heavy (non-hydrogen) atoms. The third kappa shape index (κ3) is 6.60. The van der Waals surface area contributed by atoms with Crippen LogP contribution in [0.2, 0.25) is 0 Å². The number of nitrogens with one attached hydrogen (secondary N) is 2. The number of methoxy groups -OCH3 is 2. The summed E-state index contributed by atoms with van der Waals surface area (Å²) in [6, 6.07) is 25.6. The van der Waals surface area contributed by atoms with Crippen molar-refractivity contribution in [3.05, 3.63) is 121 Å². The minimum absolute atomic E-state index is 0.686. The minimum atomic E-state index is 0.686. The van der Waals surface area contributed by atoms with E-state index in [1.165, 1.54) is 0 Å². The third-order valence-electron chi connectivity index (χ3n) is 6.29. The van der Waals surface area contributed by atoms with Gasteiger partial charge in [-0.25, -0.2) is 0 Å². The Kier molecular flexibility index (Phi) is 8.58. The molecule has 0 aliphatic heterocycles. The summed E-state index contributed by atoms with van der Waals surface area (Å²) in [5, 5.41) is 8.97. The van der Waals surface area contributed by atoms with Crippen LogP contribution in [-0.4, -0.2) is 34.2 Å². The van der Waals surface area contributed by atoms with Crippen LogP contribution in [0.4, 0.5) is 11.4 Å². The van der Waals surface area contributed by atoms with E-state index in [1.54, 1.807) is 39.0 Å². The molecule has 0 atom stereocenters. The fraction of sp³-hybridized carbons (Fsp3) is 0.125. The first-order chi connectivity index (χ1) is 19.7. The average molecular weight is 531 g/mol. The summed E-state index contributed by atoms with van der Waals surface area (Å²) in [4.78, 5) is 17.2. The lowest BCUT2D eigenvalue weighted by Crippen LogP contribution is -2.02. The van der Waals surface area contributed by atoms with Crippen molar-refractivity contribution in [1.29, 1.82) is 0 Å². The van der Waals surface area contributed by atoms with Gasteiger partial charge in [0, 0.05) is 71.8 Å². The topological polar surface area (TPSA) is 94.1 Å². The van der Waals surface area contributed by atoms with E-state index in [0.717, 1.165) is 62.5 Å². The first-order valence-electron chi connectivity index (χ1n) is 12.9. The van der Waals surface area contributed by atoms with E-state index in [9.17, 15) is 0 Å². The van der Waals surface area contributed by atoms with Crippen molar-refractivity contribution < 1.29 is 9.47 Å². The van der Waals surface area contributed by atoms with Gasteiger partial charge in [0.1, 0.15) is 11.5 Å². The molecule has 0 radical (unpaired) electrons. The van der Waals surface area contributed by atoms with E-state index in [1.807, 2.05) is 85.1 Å². The minimum Gasteiger partial charge on any atom is -0.497 e. The lowest BCUT2D eigenvalue weighted by atomic mass is 10.1. The van der Waals surface area contributed by atoms with Gasteiger partial charge in [-0.05, 0) is 60.2 Å². The fourth-order valence-corrected chi connectivity index (χ4v) is 4.21. The number of fused-ring (bicyclic) bond motifs is 2. The summed E-state index contributed by atoms with van der Waals surface area (Å²) < 4.78 is 10.4. The molecule has 0 aliphatic carbocycles. The first kappa shape index (κ1) is 26.4. The Morgan fingerprint density at radius 2 is 1.25 bits per heavy atom. The van der Waals surface area contributed by atoms with E-state index >= 15 is 0 Å². The molecule has 0 saturated carbocycles. The summed E-state index contributed by atoms with van der Waals surface area (Å²) in [5.74, 6) is 1.63. The largest absolute Gasteiger partial charge is 0.497 e. The van der Waals surface area contributed by atoms with Crippen LogP contribution in [0.15, 0.2) is 110 Å². The Labute approximate surface area is 233 Å². The summed E-state index contributed by atoms with van der Waals surface area (Å²) in [6.07, 6.45) is 9.03. The molecule has 8 nitrogen and oxygen atoms in total. The molecule has 0 fully saturated rings. The quantitative estimate of drug-likeness (QED) is 0.230. The van der Waals surface area contributed by atoms with E-state index in [-0.39, 0.29) is 0 Å². The smallest absolute Gasteiger partial charge is 0.121 e. The highest BCUT2D eigenvalue weighted by Gasteiger charge is 2.05. The summed E-state index contributed by atoms with van der Waals surface area (Å²) in [6.45, 7) is 1.42. The van der Waals surface area contributed by atoms with E-state index in [0.29, 0.717) is 6.54 Å². The Morgan fingerprint density at radius 1 is 0.600 bits per heavy atom. The zero-order chi connectivity index (χ0) is 27.6. The zero-order valence-electron chi connectivity index (χ0n) is 22.4. The van der Waals surface area contributed by atoms with Crippen molar-refractivity contribution in [2.24, 2.45) is 0 Å². The van der Waals surface area contributed by atoms with Gasteiger partial charge in [-0.15, -0.1) is 0 Å². The maximum atomic E-state index is 5.22. The van der Waals surface area contributed by atoms with Crippen molar-refractivity contribution in [3.63, 3.8) is 0 Å². The van der Waals surface area contributed by atoms with Gasteiger partial charge < -0.3 is 20.1 Å². The number of nitrogens with zero attached hydrogens (tertiary/aromatic N) is 4. The number of aromatic nitrogens is 4. The maximum Gasteiger partial charge on any atom is 0.121 e. The number of anilines is 2. The average Bonchev–Trinajstić information content (AvgIpc) is 3.03. The van der Waals surface area contributed by atoms with E-state index in [4.69, 9.17) is 9.47 Å². The van der Waals surface area contributed by atoms with Crippen molar-refractivity contribution in [3.8, 4) is 11.5 Å². The second-order valence-corrected chi connectivity index (χ2v) is 8.87. The molecule has 0 unspecified atom stereocenters. The zero-order valence-corrected chi connectivity index (χ0v) is 22.4. The van der Waals surface area contributed by atoms with Crippen molar-refractivity contribution in [2.75, 3.05) is 24.9 Å². The molecule has 0 amide bonds. The monoisotopic (exact) mass is 530 g/mol. The van der Waals surface area contributed by atoms with Crippen molar-refractivity contribution >= 4 is 33.2 Å². The van der Waals surface area contributed by atoms with Crippen LogP contribution in [0.3, 0.4) is 0 Å². The molecule has 8 heteroatoms. The van der Waals surface area contributed by atoms with Gasteiger partial charge in [-0.3, -0.25) is 19.9 Å². The summed E-state index contributed by atoms with van der Waals surface area (Å²) in [5.41, 5.74) is 6.08. The lowest BCUT2D eigenvalue weighted by Gasteiger charge is -2.10. The second-order valence-electron chi connectivity index (χ2n) is 8.87. The van der Waals surface area contributed by atoms with Gasteiger partial charge in [0.05, 0.1) is 37.5 Å². The van der Waals surface area contributed by atoms with Gasteiger partial charge in [-0.1, -0.05) is 12.1 Å². The Bertz CT molecular complexity index is 1550. The van der Waals surface area contributed by atoms with Gasteiger partial charge in [0.25, 0.3) is 0 Å². The third-order valence-corrected chi connectivity index (χ3v) is 6.29. The molecule has 200 valence electrons. The molecule has 4 heterocycles. The predicted molar refractivity (Wildman–Crippen MR) is 160 cm³/mol. The number of rotatable bonds is 8. The SMILES string of the molecule is COc1ccc2c(NCc3ccccn3)ccnc2c1.COc1ccc2c(NCc3cccnc3)ccnc2c1. The van der Waals surface area contributed by atoms with Crippen LogP contribution in [0.1, 0.15) is 11.3 Å². The van der Waals surface area contributed by atoms with Crippen LogP contribution in [0.5, 0.6) is 11.5 Å². The summed E-state index contributed by atoms with van der Waals surface area (Å²) in [7, 11) is 3.32. The Balaban J connectivity index is 0.000000161. The first-order valence-corrected chi connectivity index (χ1v) is 12.9. The van der Waals surface area contributed by atoms with Gasteiger partial charge in [-0.2, -0.15) is 0 Å². The van der Waals surface area contributed by atoms with E-state index in [2.05, 4.69) is 30.6 Å². The lowest BCUT2D eigenvalue weighted by molar-refractivity contribution is 0.415. The van der Waals surface area contributed by atoms with Crippen LogP contribution >= 0.6 is 0 Å². The molecule has 0 spiro atoms. The molecule has 6 rings (SSSR count). The predicted octanol–water partition coefficient (Wildman–Crippen LogP) is 6.50. The normalized spacial score (nSPS) is 10.4. The van der Waals surface area contributed by atoms with Gasteiger partial charge in [0.2, 0.25) is 0 Å². The Hall–Kier alpha value is -5.24.